The molecule has 0 aliphatic heterocycles. The molecule has 1 rings (SSSR count). The zero-order chi connectivity index (χ0) is 13.4. The maximum Gasteiger partial charge on any atom is 0.303 e. The van der Waals surface area contributed by atoms with Crippen LogP contribution in [0.3, 0.4) is 0 Å². The van der Waals surface area contributed by atoms with E-state index in [4.69, 9.17) is 5.11 Å². The summed E-state index contributed by atoms with van der Waals surface area (Å²) >= 11 is 0. The van der Waals surface area contributed by atoms with Crippen LogP contribution in [0.5, 0.6) is 0 Å². The minimum absolute atomic E-state index is 0.117. The molecule has 1 aromatic rings. The first kappa shape index (κ1) is 14.7. The SMILES string of the molecule is CCCCC(CC)Cn1cc(CCC(=O)O)nn1. The highest BCUT2D eigenvalue weighted by Gasteiger charge is 2.09. The van der Waals surface area contributed by atoms with E-state index in [2.05, 4.69) is 24.2 Å². The molecular formula is C13H23N3O2. The molecule has 1 heterocycles. The molecule has 1 unspecified atom stereocenters. The van der Waals surface area contributed by atoms with Gasteiger partial charge in [0.1, 0.15) is 0 Å². The minimum Gasteiger partial charge on any atom is -0.481 e. The Balaban J connectivity index is 2.43. The van der Waals surface area contributed by atoms with Gasteiger partial charge in [-0.15, -0.1) is 5.10 Å². The van der Waals surface area contributed by atoms with E-state index >= 15 is 0 Å². The van der Waals surface area contributed by atoms with Crippen LogP contribution in [0.25, 0.3) is 0 Å². The van der Waals surface area contributed by atoms with Crippen LogP contribution in [0.2, 0.25) is 0 Å². The van der Waals surface area contributed by atoms with Gasteiger partial charge in [0.15, 0.2) is 0 Å². The third-order valence-corrected chi connectivity index (χ3v) is 3.17. The van der Waals surface area contributed by atoms with Gasteiger partial charge in [0.2, 0.25) is 0 Å². The van der Waals surface area contributed by atoms with Crippen molar-refractivity contribution >= 4 is 5.97 Å². The number of hydrogen-bond donors (Lipinski definition) is 1. The predicted octanol–water partition coefficient (Wildman–Crippen LogP) is 2.51. The van der Waals surface area contributed by atoms with Crippen LogP contribution in [0.4, 0.5) is 0 Å². The van der Waals surface area contributed by atoms with E-state index in [1.807, 2.05) is 10.9 Å². The van der Waals surface area contributed by atoms with E-state index < -0.39 is 5.97 Å². The molecule has 0 bridgehead atoms. The fourth-order valence-electron chi connectivity index (χ4n) is 1.96. The molecule has 1 N–H and O–H groups in total. The van der Waals surface area contributed by atoms with Gasteiger partial charge in [0, 0.05) is 19.2 Å². The molecule has 0 aromatic carbocycles. The molecule has 1 aromatic heterocycles. The third kappa shape index (κ3) is 5.29. The molecule has 0 saturated heterocycles. The molecule has 0 spiro atoms. The first-order chi connectivity index (χ1) is 8.65. The summed E-state index contributed by atoms with van der Waals surface area (Å²) in [5.74, 6) is -0.155. The van der Waals surface area contributed by atoms with Gasteiger partial charge in [-0.1, -0.05) is 38.3 Å². The van der Waals surface area contributed by atoms with Gasteiger partial charge in [-0.05, 0) is 12.3 Å². The molecule has 0 amide bonds. The van der Waals surface area contributed by atoms with Crippen molar-refractivity contribution in [1.29, 1.82) is 0 Å². The number of carboxylic acid groups (broad SMARTS) is 1. The quantitative estimate of drug-likeness (QED) is 0.734. The number of carbonyl (C=O) groups is 1. The fraction of sp³-hybridized carbons (Fsp3) is 0.769. The van der Waals surface area contributed by atoms with Crippen LogP contribution >= 0.6 is 0 Å². The highest BCUT2D eigenvalue weighted by atomic mass is 16.4. The van der Waals surface area contributed by atoms with Crippen LogP contribution in [-0.2, 0) is 17.8 Å². The summed E-state index contributed by atoms with van der Waals surface area (Å²) in [6.07, 6.45) is 7.28. The Labute approximate surface area is 108 Å². The number of nitrogens with zero attached hydrogens (tertiary/aromatic N) is 3. The lowest BCUT2D eigenvalue weighted by molar-refractivity contribution is -0.136. The Hall–Kier alpha value is -1.39. The molecule has 102 valence electrons. The molecule has 5 heteroatoms. The molecule has 5 nitrogen and oxygen atoms in total. The number of hydrogen-bond acceptors (Lipinski definition) is 3. The molecule has 18 heavy (non-hydrogen) atoms. The van der Waals surface area contributed by atoms with Crippen LogP contribution < -0.4 is 0 Å². The topological polar surface area (TPSA) is 68.0 Å². The monoisotopic (exact) mass is 253 g/mol. The molecule has 0 saturated carbocycles. The second-order valence-corrected chi connectivity index (χ2v) is 4.74. The van der Waals surface area contributed by atoms with Gasteiger partial charge in [0.05, 0.1) is 12.1 Å². The minimum atomic E-state index is -0.793. The Morgan fingerprint density at radius 2 is 2.28 bits per heavy atom. The first-order valence-corrected chi connectivity index (χ1v) is 6.76. The van der Waals surface area contributed by atoms with Gasteiger partial charge in [0.25, 0.3) is 0 Å². The second kappa shape index (κ2) is 7.84. The summed E-state index contributed by atoms with van der Waals surface area (Å²) in [4.78, 5) is 10.5. The number of unbranched alkanes of at least 4 members (excludes halogenated alkanes) is 1. The summed E-state index contributed by atoms with van der Waals surface area (Å²) < 4.78 is 1.85. The van der Waals surface area contributed by atoms with E-state index in [1.165, 1.54) is 19.3 Å². The van der Waals surface area contributed by atoms with Crippen LogP contribution in [0.15, 0.2) is 6.20 Å². The van der Waals surface area contributed by atoms with Gasteiger partial charge in [-0.2, -0.15) is 0 Å². The van der Waals surface area contributed by atoms with Gasteiger partial charge >= 0.3 is 5.97 Å². The van der Waals surface area contributed by atoms with Gasteiger partial charge < -0.3 is 5.11 Å². The number of aryl methyl sites for hydroxylation is 1. The van der Waals surface area contributed by atoms with E-state index in [-0.39, 0.29) is 6.42 Å². The first-order valence-electron chi connectivity index (χ1n) is 6.76. The molecular weight excluding hydrogens is 230 g/mol. The van der Waals surface area contributed by atoms with E-state index in [0.29, 0.717) is 12.3 Å². The van der Waals surface area contributed by atoms with Crippen LogP contribution in [-0.4, -0.2) is 26.1 Å². The predicted molar refractivity (Wildman–Crippen MR) is 69.3 cm³/mol. The standard InChI is InChI=1S/C13H23N3O2/c1-3-5-6-11(4-2)9-16-10-12(14-15-16)7-8-13(17)18/h10-11H,3-9H2,1-2H3,(H,17,18). The molecule has 1 atom stereocenters. The van der Waals surface area contributed by atoms with Crippen molar-refractivity contribution in [1.82, 2.24) is 15.0 Å². The molecule has 0 radical (unpaired) electrons. The lowest BCUT2D eigenvalue weighted by Gasteiger charge is -2.13. The van der Waals surface area contributed by atoms with E-state index in [1.54, 1.807) is 0 Å². The van der Waals surface area contributed by atoms with E-state index in [0.717, 1.165) is 18.7 Å². The Morgan fingerprint density at radius 1 is 1.50 bits per heavy atom. The molecule has 0 aliphatic carbocycles. The smallest absolute Gasteiger partial charge is 0.303 e. The molecule has 0 aliphatic rings. The van der Waals surface area contributed by atoms with Crippen molar-refractivity contribution in [2.24, 2.45) is 5.92 Å². The van der Waals surface area contributed by atoms with Gasteiger partial charge in [-0.25, -0.2) is 0 Å². The maximum atomic E-state index is 10.5. The second-order valence-electron chi connectivity index (χ2n) is 4.74. The highest BCUT2D eigenvalue weighted by Crippen LogP contribution is 2.14. The van der Waals surface area contributed by atoms with Crippen molar-refractivity contribution in [3.63, 3.8) is 0 Å². The average molecular weight is 253 g/mol. The van der Waals surface area contributed by atoms with Gasteiger partial charge in [-0.3, -0.25) is 9.48 Å². The number of rotatable bonds is 9. The average Bonchev–Trinajstić information content (AvgIpc) is 2.79. The highest BCUT2D eigenvalue weighted by molar-refractivity contribution is 5.66. The summed E-state index contributed by atoms with van der Waals surface area (Å²) in [6.45, 7) is 5.28. The lowest BCUT2D eigenvalue weighted by atomic mass is 9.99. The zero-order valence-electron chi connectivity index (χ0n) is 11.3. The summed E-state index contributed by atoms with van der Waals surface area (Å²) in [5.41, 5.74) is 0.766. The summed E-state index contributed by atoms with van der Waals surface area (Å²) in [5, 5.41) is 16.7. The van der Waals surface area contributed by atoms with E-state index in [9.17, 15) is 4.79 Å². The Bertz CT molecular complexity index is 363. The number of carboxylic acids is 1. The Kier molecular flexibility index (Phi) is 6.39. The summed E-state index contributed by atoms with van der Waals surface area (Å²) in [7, 11) is 0. The van der Waals surface area contributed by atoms with Crippen LogP contribution in [0, 0.1) is 5.92 Å². The molecule has 0 fully saturated rings. The largest absolute Gasteiger partial charge is 0.481 e. The third-order valence-electron chi connectivity index (χ3n) is 3.17. The maximum absolute atomic E-state index is 10.5. The van der Waals surface area contributed by atoms with Crippen molar-refractivity contribution in [2.75, 3.05) is 0 Å². The summed E-state index contributed by atoms with van der Waals surface area (Å²) in [6, 6.07) is 0. The fourth-order valence-corrected chi connectivity index (χ4v) is 1.96. The van der Waals surface area contributed by atoms with Crippen LogP contribution in [0.1, 0.15) is 51.6 Å². The normalized spacial score (nSPS) is 12.6. The van der Waals surface area contributed by atoms with Crippen molar-refractivity contribution < 1.29 is 9.90 Å². The Morgan fingerprint density at radius 3 is 2.89 bits per heavy atom. The number of aromatic nitrogens is 3. The zero-order valence-corrected chi connectivity index (χ0v) is 11.3. The van der Waals surface area contributed by atoms with Crippen molar-refractivity contribution in [2.45, 2.75) is 58.9 Å². The van der Waals surface area contributed by atoms with Crippen molar-refractivity contribution in [3.05, 3.63) is 11.9 Å². The number of aliphatic carboxylic acids is 1. The van der Waals surface area contributed by atoms with Crippen molar-refractivity contribution in [3.8, 4) is 0 Å². The lowest BCUT2D eigenvalue weighted by Crippen LogP contribution is -2.10.